The number of hydrogen-bond acceptors (Lipinski definition) is 3. The van der Waals surface area contributed by atoms with Gasteiger partial charge in [-0.25, -0.2) is 0 Å². The van der Waals surface area contributed by atoms with Crippen LogP contribution in [0.25, 0.3) is 0 Å². The van der Waals surface area contributed by atoms with Crippen LogP contribution in [-0.2, 0) is 16.0 Å². The van der Waals surface area contributed by atoms with Crippen molar-refractivity contribution in [2.24, 2.45) is 0 Å². The molecule has 24 heavy (non-hydrogen) atoms. The van der Waals surface area contributed by atoms with Gasteiger partial charge in [-0.2, -0.15) is 0 Å². The minimum absolute atomic E-state index is 0.00449. The molecule has 1 aliphatic rings. The predicted octanol–water partition coefficient (Wildman–Crippen LogP) is 3.23. The van der Waals surface area contributed by atoms with E-state index in [0.717, 1.165) is 16.9 Å². The predicted molar refractivity (Wildman–Crippen MR) is 93.0 cm³/mol. The molecule has 2 aromatic rings. The maximum atomic E-state index is 12.8. The van der Waals surface area contributed by atoms with Gasteiger partial charge in [0.2, 0.25) is 5.91 Å². The van der Waals surface area contributed by atoms with E-state index in [9.17, 15) is 4.79 Å². The Kier molecular flexibility index (Phi) is 5.49. The van der Waals surface area contributed by atoms with Crippen LogP contribution in [0.15, 0.2) is 54.6 Å². The van der Waals surface area contributed by atoms with Gasteiger partial charge < -0.3 is 14.4 Å². The summed E-state index contributed by atoms with van der Waals surface area (Å²) < 4.78 is 11.0. The summed E-state index contributed by atoms with van der Waals surface area (Å²) in [5, 5.41) is 0. The molecule has 1 unspecified atom stereocenters. The highest BCUT2D eigenvalue weighted by Gasteiger charge is 2.28. The molecule has 2 aromatic carbocycles. The fraction of sp³-hybridized carbons (Fsp3) is 0.350. The summed E-state index contributed by atoms with van der Waals surface area (Å²) in [6.07, 6.45) is 0.399. The minimum Gasteiger partial charge on any atom is -0.494 e. The number of rotatable bonds is 5. The van der Waals surface area contributed by atoms with Crippen molar-refractivity contribution in [1.82, 2.24) is 4.90 Å². The van der Waals surface area contributed by atoms with Gasteiger partial charge in [-0.3, -0.25) is 4.79 Å². The molecule has 1 saturated heterocycles. The second kappa shape index (κ2) is 7.97. The van der Waals surface area contributed by atoms with Crippen molar-refractivity contribution in [2.75, 3.05) is 26.4 Å². The molecular formula is C20H23NO3. The molecule has 1 amide bonds. The van der Waals surface area contributed by atoms with Crippen LogP contribution in [0.4, 0.5) is 0 Å². The van der Waals surface area contributed by atoms with Gasteiger partial charge in [-0.05, 0) is 30.2 Å². The lowest BCUT2D eigenvalue weighted by atomic mass is 10.0. The summed E-state index contributed by atoms with van der Waals surface area (Å²) in [4.78, 5) is 14.7. The SMILES string of the molecule is CCOc1ccc(CC(=O)N2CCOCC2c2ccccc2)cc1. The summed E-state index contributed by atoms with van der Waals surface area (Å²) >= 11 is 0. The largest absolute Gasteiger partial charge is 0.494 e. The van der Waals surface area contributed by atoms with E-state index in [0.29, 0.717) is 32.8 Å². The number of ether oxygens (including phenoxy) is 2. The Morgan fingerprint density at radius 2 is 1.92 bits per heavy atom. The first-order chi connectivity index (χ1) is 11.8. The minimum atomic E-state index is -0.00449. The maximum Gasteiger partial charge on any atom is 0.227 e. The van der Waals surface area contributed by atoms with Gasteiger partial charge in [0, 0.05) is 6.54 Å². The highest BCUT2D eigenvalue weighted by atomic mass is 16.5. The van der Waals surface area contributed by atoms with E-state index < -0.39 is 0 Å². The average Bonchev–Trinajstić information content (AvgIpc) is 2.64. The third-order valence-corrected chi connectivity index (χ3v) is 4.22. The third-order valence-electron chi connectivity index (χ3n) is 4.22. The summed E-state index contributed by atoms with van der Waals surface area (Å²) in [5.74, 6) is 0.971. The molecule has 0 bridgehead atoms. The van der Waals surface area contributed by atoms with Gasteiger partial charge in [0.05, 0.1) is 32.3 Å². The number of carbonyl (C=O) groups is 1. The highest BCUT2D eigenvalue weighted by Crippen LogP contribution is 2.25. The summed E-state index contributed by atoms with van der Waals surface area (Å²) in [7, 11) is 0. The van der Waals surface area contributed by atoms with Gasteiger partial charge in [0.25, 0.3) is 0 Å². The molecule has 0 aliphatic carbocycles. The Hall–Kier alpha value is -2.33. The molecule has 126 valence electrons. The van der Waals surface area contributed by atoms with E-state index in [2.05, 4.69) is 12.1 Å². The zero-order valence-corrected chi connectivity index (χ0v) is 14.0. The maximum absolute atomic E-state index is 12.8. The van der Waals surface area contributed by atoms with Crippen molar-refractivity contribution in [2.45, 2.75) is 19.4 Å². The normalized spacial score (nSPS) is 17.5. The Labute approximate surface area is 143 Å². The van der Waals surface area contributed by atoms with Crippen LogP contribution in [0.1, 0.15) is 24.1 Å². The number of amides is 1. The summed E-state index contributed by atoms with van der Waals surface area (Å²) in [5.41, 5.74) is 2.12. The molecule has 0 aromatic heterocycles. The monoisotopic (exact) mass is 325 g/mol. The van der Waals surface area contributed by atoms with Gasteiger partial charge in [0.1, 0.15) is 5.75 Å². The number of carbonyl (C=O) groups excluding carboxylic acids is 1. The molecule has 3 rings (SSSR count). The lowest BCUT2D eigenvalue weighted by molar-refractivity contribution is -0.139. The first-order valence-corrected chi connectivity index (χ1v) is 8.42. The average molecular weight is 325 g/mol. The number of benzene rings is 2. The van der Waals surface area contributed by atoms with Gasteiger partial charge in [0.15, 0.2) is 0 Å². The van der Waals surface area contributed by atoms with Crippen molar-refractivity contribution >= 4 is 5.91 Å². The number of morpholine rings is 1. The lowest BCUT2D eigenvalue weighted by Crippen LogP contribution is -2.44. The van der Waals surface area contributed by atoms with Crippen molar-refractivity contribution < 1.29 is 14.3 Å². The van der Waals surface area contributed by atoms with Crippen LogP contribution < -0.4 is 4.74 Å². The van der Waals surface area contributed by atoms with E-state index in [4.69, 9.17) is 9.47 Å². The Balaban J connectivity index is 1.70. The van der Waals surface area contributed by atoms with Gasteiger partial charge in [-0.15, -0.1) is 0 Å². The van der Waals surface area contributed by atoms with E-state index in [1.807, 2.05) is 54.3 Å². The molecule has 4 heteroatoms. The standard InChI is InChI=1S/C20H23NO3/c1-2-24-18-10-8-16(9-11-18)14-20(22)21-12-13-23-15-19(21)17-6-4-3-5-7-17/h3-11,19H,2,12-15H2,1H3. The van der Waals surface area contributed by atoms with Crippen molar-refractivity contribution in [3.63, 3.8) is 0 Å². The second-order valence-electron chi connectivity index (χ2n) is 5.84. The van der Waals surface area contributed by atoms with E-state index >= 15 is 0 Å². The first-order valence-electron chi connectivity index (χ1n) is 8.42. The molecule has 0 radical (unpaired) electrons. The lowest BCUT2D eigenvalue weighted by Gasteiger charge is -2.36. The number of nitrogens with zero attached hydrogens (tertiary/aromatic N) is 1. The van der Waals surface area contributed by atoms with E-state index in [1.54, 1.807) is 0 Å². The first kappa shape index (κ1) is 16.5. The van der Waals surface area contributed by atoms with Crippen molar-refractivity contribution in [3.8, 4) is 5.75 Å². The molecule has 1 atom stereocenters. The topological polar surface area (TPSA) is 38.8 Å². The highest BCUT2D eigenvalue weighted by molar-refractivity contribution is 5.79. The van der Waals surface area contributed by atoms with Crippen LogP contribution in [0.5, 0.6) is 5.75 Å². The van der Waals surface area contributed by atoms with Crippen molar-refractivity contribution in [3.05, 3.63) is 65.7 Å². The fourth-order valence-corrected chi connectivity index (χ4v) is 3.00. The molecule has 0 N–H and O–H groups in total. The van der Waals surface area contributed by atoms with Crippen LogP contribution in [0.2, 0.25) is 0 Å². The molecule has 0 saturated carbocycles. The Morgan fingerprint density at radius 1 is 1.17 bits per heavy atom. The Morgan fingerprint density at radius 3 is 2.62 bits per heavy atom. The molecular weight excluding hydrogens is 302 g/mol. The van der Waals surface area contributed by atoms with Crippen LogP contribution in [0, 0.1) is 0 Å². The third kappa shape index (κ3) is 3.95. The molecule has 4 nitrogen and oxygen atoms in total. The summed E-state index contributed by atoms with van der Waals surface area (Å²) in [6, 6.07) is 17.8. The zero-order valence-electron chi connectivity index (χ0n) is 14.0. The quantitative estimate of drug-likeness (QED) is 0.847. The molecule has 1 heterocycles. The molecule has 1 aliphatic heterocycles. The summed E-state index contributed by atoms with van der Waals surface area (Å²) in [6.45, 7) is 4.39. The molecule has 0 spiro atoms. The smallest absolute Gasteiger partial charge is 0.227 e. The van der Waals surface area contributed by atoms with E-state index in [-0.39, 0.29) is 11.9 Å². The molecule has 1 fully saturated rings. The number of hydrogen-bond donors (Lipinski definition) is 0. The van der Waals surface area contributed by atoms with Crippen LogP contribution in [-0.4, -0.2) is 37.2 Å². The fourth-order valence-electron chi connectivity index (χ4n) is 3.00. The van der Waals surface area contributed by atoms with Gasteiger partial charge in [-0.1, -0.05) is 42.5 Å². The van der Waals surface area contributed by atoms with E-state index in [1.165, 1.54) is 0 Å². The van der Waals surface area contributed by atoms with Crippen LogP contribution in [0.3, 0.4) is 0 Å². The van der Waals surface area contributed by atoms with Crippen molar-refractivity contribution in [1.29, 1.82) is 0 Å². The van der Waals surface area contributed by atoms with Gasteiger partial charge >= 0.3 is 0 Å². The van der Waals surface area contributed by atoms with Crippen LogP contribution >= 0.6 is 0 Å². The Bertz CT molecular complexity index is 654. The zero-order chi connectivity index (χ0) is 16.8. The second-order valence-corrected chi connectivity index (χ2v) is 5.84.